The van der Waals surface area contributed by atoms with E-state index in [9.17, 15) is 4.79 Å². The molecule has 2 fully saturated rings. The van der Waals surface area contributed by atoms with Crippen LogP contribution in [0.25, 0.3) is 16.6 Å². The van der Waals surface area contributed by atoms with E-state index in [1.807, 2.05) is 48.0 Å². The highest BCUT2D eigenvalue weighted by atomic mass is 19.1. The first-order valence-electron chi connectivity index (χ1n) is 11.7. The van der Waals surface area contributed by atoms with Crippen LogP contribution in [0.2, 0.25) is 0 Å². The van der Waals surface area contributed by atoms with Gasteiger partial charge in [-0.25, -0.2) is 13.7 Å². The maximum atomic E-state index is 15.3. The van der Waals surface area contributed by atoms with Gasteiger partial charge in [-0.3, -0.25) is 0 Å². The molecule has 7 nitrogen and oxygen atoms in total. The monoisotopic (exact) mass is 451 g/mol. The quantitative estimate of drug-likeness (QED) is 0.653. The van der Waals surface area contributed by atoms with Gasteiger partial charge >= 0.3 is 6.09 Å². The van der Waals surface area contributed by atoms with Gasteiger partial charge in [0, 0.05) is 50.7 Å². The van der Waals surface area contributed by atoms with Crippen LogP contribution in [0.3, 0.4) is 0 Å². The van der Waals surface area contributed by atoms with E-state index in [0.29, 0.717) is 32.7 Å². The van der Waals surface area contributed by atoms with Gasteiger partial charge in [0.25, 0.3) is 0 Å². The summed E-state index contributed by atoms with van der Waals surface area (Å²) in [5, 5.41) is 7.66. The zero-order chi connectivity index (χ0) is 22.8. The fourth-order valence-corrected chi connectivity index (χ4v) is 4.85. The number of anilines is 1. The first-order valence-corrected chi connectivity index (χ1v) is 11.7. The smallest absolute Gasteiger partial charge is 0.409 e. The second kappa shape index (κ2) is 9.02. The standard InChI is InChI=1S/C25H30FN5O2/c1-2-33-24(32)30-14-12-29(13-15-30)22-8-11-28-31-17-20(16-23(22)31)19-4-6-21(7-5-19)25(26)9-3-10-27-18-25/h4-8,11,16-17,27H,2-3,9-10,12-15,18H2,1H3/t25-/m0/s1. The van der Waals surface area contributed by atoms with Gasteiger partial charge in [-0.1, -0.05) is 24.3 Å². The van der Waals surface area contributed by atoms with Gasteiger partial charge in [-0.05, 0) is 49.6 Å². The Bertz CT molecular complexity index is 1120. The fourth-order valence-electron chi connectivity index (χ4n) is 4.85. The Hall–Kier alpha value is -3.13. The third kappa shape index (κ3) is 4.27. The van der Waals surface area contributed by atoms with Crippen LogP contribution < -0.4 is 10.2 Å². The van der Waals surface area contributed by atoms with E-state index in [-0.39, 0.29) is 6.09 Å². The number of carbonyl (C=O) groups is 1. The summed E-state index contributed by atoms with van der Waals surface area (Å²) in [6, 6.07) is 12.0. The maximum absolute atomic E-state index is 15.3. The number of nitrogens with zero attached hydrogens (tertiary/aromatic N) is 4. The number of hydrogen-bond acceptors (Lipinski definition) is 5. The molecule has 0 bridgehead atoms. The molecule has 0 saturated carbocycles. The molecule has 5 rings (SSSR count). The molecule has 0 spiro atoms. The molecule has 0 unspecified atom stereocenters. The normalized spacial score (nSPS) is 21.4. The Morgan fingerprint density at radius 3 is 2.64 bits per heavy atom. The number of piperidine rings is 1. The average molecular weight is 452 g/mol. The summed E-state index contributed by atoms with van der Waals surface area (Å²) in [5.74, 6) is 0. The van der Waals surface area contributed by atoms with Crippen LogP contribution in [0.5, 0.6) is 0 Å². The molecule has 2 aliphatic rings. The molecule has 33 heavy (non-hydrogen) atoms. The molecular weight excluding hydrogens is 421 g/mol. The highest BCUT2D eigenvalue weighted by molar-refractivity contribution is 5.80. The van der Waals surface area contributed by atoms with E-state index >= 15 is 4.39 Å². The molecule has 174 valence electrons. The van der Waals surface area contributed by atoms with E-state index in [0.717, 1.165) is 53.9 Å². The third-order valence-electron chi connectivity index (χ3n) is 6.70. The summed E-state index contributed by atoms with van der Waals surface area (Å²) in [7, 11) is 0. The van der Waals surface area contributed by atoms with Crippen molar-refractivity contribution < 1.29 is 13.9 Å². The predicted octanol–water partition coefficient (Wildman–Crippen LogP) is 3.83. The highest BCUT2D eigenvalue weighted by Crippen LogP contribution is 2.35. The van der Waals surface area contributed by atoms with E-state index in [2.05, 4.69) is 21.4 Å². The number of ether oxygens (including phenoxy) is 1. The van der Waals surface area contributed by atoms with Gasteiger partial charge in [-0.15, -0.1) is 0 Å². The molecule has 4 heterocycles. The van der Waals surface area contributed by atoms with Crippen LogP contribution in [0.1, 0.15) is 25.3 Å². The number of piperazine rings is 1. The molecule has 1 N–H and O–H groups in total. The van der Waals surface area contributed by atoms with Gasteiger partial charge in [0.15, 0.2) is 0 Å². The molecule has 3 aromatic rings. The molecule has 8 heteroatoms. The fraction of sp³-hybridized carbons (Fsp3) is 0.440. The first-order chi connectivity index (χ1) is 16.1. The topological polar surface area (TPSA) is 62.1 Å². The lowest BCUT2D eigenvalue weighted by molar-refractivity contribution is 0.105. The number of alkyl halides is 1. The lowest BCUT2D eigenvalue weighted by Gasteiger charge is -2.35. The minimum atomic E-state index is -1.29. The van der Waals surface area contributed by atoms with Crippen molar-refractivity contribution in [2.75, 3.05) is 50.8 Å². The van der Waals surface area contributed by atoms with Crippen LogP contribution in [-0.4, -0.2) is 66.5 Å². The SMILES string of the molecule is CCOC(=O)N1CCN(c2ccnn3cc(-c4ccc([C@]5(F)CCCNC5)cc4)cc23)CC1. The van der Waals surface area contributed by atoms with E-state index in [1.54, 1.807) is 11.1 Å². The number of nitrogens with one attached hydrogen (secondary N) is 1. The minimum Gasteiger partial charge on any atom is -0.450 e. The van der Waals surface area contributed by atoms with Crippen molar-refractivity contribution in [3.05, 3.63) is 54.4 Å². The number of halogens is 1. The molecule has 1 aromatic carbocycles. The number of aromatic nitrogens is 2. The van der Waals surface area contributed by atoms with E-state index < -0.39 is 5.67 Å². The Morgan fingerprint density at radius 2 is 1.94 bits per heavy atom. The van der Waals surface area contributed by atoms with Crippen molar-refractivity contribution >= 4 is 17.3 Å². The highest BCUT2D eigenvalue weighted by Gasteiger charge is 2.33. The Morgan fingerprint density at radius 1 is 1.15 bits per heavy atom. The zero-order valence-corrected chi connectivity index (χ0v) is 19.0. The van der Waals surface area contributed by atoms with Gasteiger partial charge < -0.3 is 19.9 Å². The summed E-state index contributed by atoms with van der Waals surface area (Å²) >= 11 is 0. The van der Waals surface area contributed by atoms with Crippen molar-refractivity contribution in [2.45, 2.75) is 25.4 Å². The summed E-state index contributed by atoms with van der Waals surface area (Å²) in [6.07, 6.45) is 4.98. The van der Waals surface area contributed by atoms with Crippen LogP contribution in [0.15, 0.2) is 48.8 Å². The van der Waals surface area contributed by atoms with Gasteiger partial charge in [0.05, 0.1) is 17.8 Å². The van der Waals surface area contributed by atoms with Crippen LogP contribution >= 0.6 is 0 Å². The van der Waals surface area contributed by atoms with Crippen LogP contribution in [0.4, 0.5) is 14.9 Å². The summed E-state index contributed by atoms with van der Waals surface area (Å²) in [4.78, 5) is 16.0. The first kappa shape index (κ1) is 21.7. The number of carbonyl (C=O) groups excluding carboxylic acids is 1. The van der Waals surface area contributed by atoms with Crippen molar-refractivity contribution in [1.82, 2.24) is 19.8 Å². The molecule has 1 atom stereocenters. The zero-order valence-electron chi connectivity index (χ0n) is 19.0. The molecule has 2 aliphatic heterocycles. The van der Waals surface area contributed by atoms with Crippen LogP contribution in [0, 0.1) is 0 Å². The number of fused-ring (bicyclic) bond motifs is 1. The molecular formula is C25H30FN5O2. The summed E-state index contributed by atoms with van der Waals surface area (Å²) in [6.45, 7) is 6.20. The number of benzene rings is 1. The van der Waals surface area contributed by atoms with Crippen molar-refractivity contribution in [3.8, 4) is 11.1 Å². The van der Waals surface area contributed by atoms with E-state index in [1.165, 1.54) is 0 Å². The van der Waals surface area contributed by atoms with Gasteiger partial charge in [-0.2, -0.15) is 5.10 Å². The predicted molar refractivity (Wildman–Crippen MR) is 126 cm³/mol. The molecule has 2 saturated heterocycles. The average Bonchev–Trinajstić information content (AvgIpc) is 3.29. The van der Waals surface area contributed by atoms with Crippen molar-refractivity contribution in [3.63, 3.8) is 0 Å². The Labute approximate surface area is 193 Å². The van der Waals surface area contributed by atoms with Crippen LogP contribution in [-0.2, 0) is 10.4 Å². The maximum Gasteiger partial charge on any atom is 0.409 e. The Balaban J connectivity index is 1.36. The Kier molecular flexibility index (Phi) is 5.93. The lowest BCUT2D eigenvalue weighted by atomic mass is 9.87. The van der Waals surface area contributed by atoms with Gasteiger partial charge in [0.2, 0.25) is 0 Å². The number of amides is 1. The van der Waals surface area contributed by atoms with Crippen molar-refractivity contribution in [1.29, 1.82) is 0 Å². The van der Waals surface area contributed by atoms with Crippen molar-refractivity contribution in [2.24, 2.45) is 0 Å². The van der Waals surface area contributed by atoms with Gasteiger partial charge in [0.1, 0.15) is 5.67 Å². The molecule has 1 amide bonds. The molecule has 2 aromatic heterocycles. The minimum absolute atomic E-state index is 0.246. The molecule has 0 aliphatic carbocycles. The second-order valence-corrected chi connectivity index (χ2v) is 8.77. The molecule has 0 radical (unpaired) electrons. The lowest BCUT2D eigenvalue weighted by Crippen LogP contribution is -2.49. The number of hydrogen-bond donors (Lipinski definition) is 1. The number of rotatable bonds is 4. The summed E-state index contributed by atoms with van der Waals surface area (Å²) in [5.41, 5.74) is 3.63. The van der Waals surface area contributed by atoms with E-state index in [4.69, 9.17) is 4.74 Å². The second-order valence-electron chi connectivity index (χ2n) is 8.77. The largest absolute Gasteiger partial charge is 0.450 e. The third-order valence-corrected chi connectivity index (χ3v) is 6.70. The summed E-state index contributed by atoms with van der Waals surface area (Å²) < 4.78 is 22.3.